The number of benzene rings is 1. The number of hydrogen-bond donors (Lipinski definition) is 1. The fourth-order valence-electron chi connectivity index (χ4n) is 2.07. The van der Waals surface area contributed by atoms with Crippen LogP contribution in [0.4, 0.5) is 4.39 Å². The molecule has 4 nitrogen and oxygen atoms in total. The van der Waals surface area contributed by atoms with Crippen molar-refractivity contribution in [3.63, 3.8) is 0 Å². The average molecular weight is 354 g/mol. The van der Waals surface area contributed by atoms with Crippen LogP contribution in [0.1, 0.15) is 36.5 Å². The first-order chi connectivity index (χ1) is 9.68. The zero-order valence-electron chi connectivity index (χ0n) is 11.3. The Morgan fingerprint density at radius 3 is 2.52 bits per heavy atom. The SMILES string of the molecule is CCC1(CNC(=O)c2cc(S(=O)(=O)Cl)cc(F)c2Cl)CC1. The Labute approximate surface area is 132 Å². The van der Waals surface area contributed by atoms with Gasteiger partial charge in [0.1, 0.15) is 5.82 Å². The number of rotatable bonds is 5. The van der Waals surface area contributed by atoms with Crippen LogP contribution in [0.5, 0.6) is 0 Å². The molecule has 1 aliphatic carbocycles. The molecule has 0 saturated heterocycles. The van der Waals surface area contributed by atoms with Gasteiger partial charge in [0.15, 0.2) is 0 Å². The summed E-state index contributed by atoms with van der Waals surface area (Å²) in [4.78, 5) is 11.6. The zero-order valence-corrected chi connectivity index (χ0v) is 13.6. The summed E-state index contributed by atoms with van der Waals surface area (Å²) >= 11 is 5.74. The highest BCUT2D eigenvalue weighted by Crippen LogP contribution is 2.47. The van der Waals surface area contributed by atoms with Gasteiger partial charge in [0.25, 0.3) is 15.0 Å². The van der Waals surface area contributed by atoms with Crippen LogP contribution in [0.2, 0.25) is 5.02 Å². The lowest BCUT2D eigenvalue weighted by molar-refractivity contribution is 0.0944. The minimum atomic E-state index is -4.14. The summed E-state index contributed by atoms with van der Waals surface area (Å²) in [5.41, 5.74) is -0.126. The summed E-state index contributed by atoms with van der Waals surface area (Å²) < 4.78 is 36.2. The van der Waals surface area contributed by atoms with Gasteiger partial charge in [-0.25, -0.2) is 12.8 Å². The van der Waals surface area contributed by atoms with Crippen LogP contribution in [0, 0.1) is 11.2 Å². The maximum atomic E-state index is 13.6. The Balaban J connectivity index is 2.26. The number of carbonyl (C=O) groups is 1. The number of nitrogens with one attached hydrogen (secondary N) is 1. The number of halogens is 3. The lowest BCUT2D eigenvalue weighted by Crippen LogP contribution is -2.30. The molecule has 0 aliphatic heterocycles. The van der Waals surface area contributed by atoms with Crippen LogP contribution in [-0.2, 0) is 9.05 Å². The molecule has 1 aromatic rings. The molecule has 1 amide bonds. The summed E-state index contributed by atoms with van der Waals surface area (Å²) in [6.45, 7) is 2.49. The fraction of sp³-hybridized carbons (Fsp3) is 0.462. The fourth-order valence-corrected chi connectivity index (χ4v) is 3.03. The third kappa shape index (κ3) is 3.67. The van der Waals surface area contributed by atoms with Gasteiger partial charge in [-0.1, -0.05) is 18.5 Å². The van der Waals surface area contributed by atoms with E-state index >= 15 is 0 Å². The van der Waals surface area contributed by atoms with Crippen molar-refractivity contribution in [2.75, 3.05) is 6.54 Å². The summed E-state index contributed by atoms with van der Waals surface area (Å²) in [6.07, 6.45) is 3.00. The Kier molecular flexibility index (Phi) is 4.52. The van der Waals surface area contributed by atoms with Crippen LogP contribution in [0.25, 0.3) is 0 Å². The molecule has 0 aromatic heterocycles. The molecule has 0 bridgehead atoms. The minimum Gasteiger partial charge on any atom is -0.351 e. The van der Waals surface area contributed by atoms with E-state index in [4.69, 9.17) is 22.3 Å². The Morgan fingerprint density at radius 1 is 1.43 bits per heavy atom. The molecule has 1 aromatic carbocycles. The predicted molar refractivity (Wildman–Crippen MR) is 78.7 cm³/mol. The lowest BCUT2D eigenvalue weighted by Gasteiger charge is -2.14. The van der Waals surface area contributed by atoms with E-state index in [1.54, 1.807) is 0 Å². The molecule has 1 aliphatic rings. The van der Waals surface area contributed by atoms with Gasteiger partial charge >= 0.3 is 0 Å². The molecule has 0 atom stereocenters. The van der Waals surface area contributed by atoms with E-state index in [0.717, 1.165) is 25.3 Å². The number of amides is 1. The Bertz CT molecular complexity index is 687. The maximum Gasteiger partial charge on any atom is 0.261 e. The van der Waals surface area contributed by atoms with Crippen molar-refractivity contribution in [2.24, 2.45) is 5.41 Å². The van der Waals surface area contributed by atoms with Gasteiger partial charge in [-0.05, 0) is 36.8 Å². The zero-order chi connectivity index (χ0) is 15.8. The van der Waals surface area contributed by atoms with Gasteiger partial charge in [-0.15, -0.1) is 0 Å². The second-order valence-electron chi connectivity index (χ2n) is 5.24. The van der Waals surface area contributed by atoms with Crippen LogP contribution >= 0.6 is 22.3 Å². The lowest BCUT2D eigenvalue weighted by atomic mass is 10.0. The molecule has 0 unspecified atom stereocenters. The van der Waals surface area contributed by atoms with Gasteiger partial charge in [-0.2, -0.15) is 0 Å². The van der Waals surface area contributed by atoms with E-state index in [-0.39, 0.29) is 11.0 Å². The first kappa shape index (κ1) is 16.5. The molecular formula is C13H14Cl2FNO3S. The van der Waals surface area contributed by atoms with Crippen LogP contribution in [-0.4, -0.2) is 20.9 Å². The Hall–Kier alpha value is -0.850. The summed E-state index contributed by atoms with van der Waals surface area (Å²) in [5, 5.41) is 2.25. The van der Waals surface area contributed by atoms with Crippen LogP contribution in [0.3, 0.4) is 0 Å². The first-order valence-corrected chi connectivity index (χ1v) is 9.09. The van der Waals surface area contributed by atoms with Crippen molar-refractivity contribution in [1.29, 1.82) is 0 Å². The third-order valence-corrected chi connectivity index (χ3v) is 5.58. The van der Waals surface area contributed by atoms with E-state index in [1.165, 1.54) is 0 Å². The average Bonchev–Trinajstić information content (AvgIpc) is 3.18. The molecule has 0 spiro atoms. The molecule has 116 valence electrons. The standard InChI is InChI=1S/C13H14Cl2FNO3S/c1-2-13(3-4-13)7-17-12(18)9-5-8(21(15,19)20)6-10(16)11(9)14/h5-6H,2-4,7H2,1H3,(H,17,18). The molecular weight excluding hydrogens is 340 g/mol. The van der Waals surface area contributed by atoms with Gasteiger partial charge < -0.3 is 5.32 Å². The molecule has 0 radical (unpaired) electrons. The van der Waals surface area contributed by atoms with Crippen molar-refractivity contribution in [3.8, 4) is 0 Å². The summed E-state index contributed by atoms with van der Waals surface area (Å²) in [6, 6.07) is 1.67. The van der Waals surface area contributed by atoms with Crippen molar-refractivity contribution in [2.45, 2.75) is 31.1 Å². The van der Waals surface area contributed by atoms with Crippen molar-refractivity contribution >= 4 is 37.2 Å². The van der Waals surface area contributed by atoms with Gasteiger partial charge in [0.05, 0.1) is 15.5 Å². The van der Waals surface area contributed by atoms with Crippen molar-refractivity contribution < 1.29 is 17.6 Å². The van der Waals surface area contributed by atoms with E-state index in [0.29, 0.717) is 12.6 Å². The highest BCUT2D eigenvalue weighted by molar-refractivity contribution is 8.13. The molecule has 21 heavy (non-hydrogen) atoms. The highest BCUT2D eigenvalue weighted by Gasteiger charge is 2.40. The quantitative estimate of drug-likeness (QED) is 0.825. The second kappa shape index (κ2) is 5.74. The minimum absolute atomic E-state index is 0.108. The summed E-state index contributed by atoms with van der Waals surface area (Å²) in [5.74, 6) is -1.61. The number of carbonyl (C=O) groups excluding carboxylic acids is 1. The van der Waals surface area contributed by atoms with E-state index in [2.05, 4.69) is 5.32 Å². The normalized spacial score (nSPS) is 16.6. The van der Waals surface area contributed by atoms with Gasteiger partial charge in [-0.3, -0.25) is 4.79 Å². The van der Waals surface area contributed by atoms with Crippen molar-refractivity contribution in [1.82, 2.24) is 5.32 Å². The molecule has 1 N–H and O–H groups in total. The number of hydrogen-bond acceptors (Lipinski definition) is 3. The molecule has 8 heteroatoms. The molecule has 1 fully saturated rings. The van der Waals surface area contributed by atoms with Gasteiger partial charge in [0.2, 0.25) is 0 Å². The van der Waals surface area contributed by atoms with Gasteiger partial charge in [0, 0.05) is 17.2 Å². The van der Waals surface area contributed by atoms with E-state index in [9.17, 15) is 17.6 Å². The predicted octanol–water partition coefficient (Wildman–Crippen LogP) is 3.33. The maximum absolute atomic E-state index is 13.6. The largest absolute Gasteiger partial charge is 0.351 e. The second-order valence-corrected chi connectivity index (χ2v) is 8.18. The van der Waals surface area contributed by atoms with E-state index in [1.807, 2.05) is 6.92 Å². The van der Waals surface area contributed by atoms with Crippen LogP contribution < -0.4 is 5.32 Å². The molecule has 1 saturated carbocycles. The topological polar surface area (TPSA) is 63.2 Å². The Morgan fingerprint density at radius 2 is 2.05 bits per heavy atom. The van der Waals surface area contributed by atoms with E-state index < -0.39 is 30.7 Å². The van der Waals surface area contributed by atoms with Crippen molar-refractivity contribution in [3.05, 3.63) is 28.5 Å². The highest BCUT2D eigenvalue weighted by atomic mass is 35.7. The summed E-state index contributed by atoms with van der Waals surface area (Å²) in [7, 11) is 1.03. The molecule has 0 heterocycles. The monoisotopic (exact) mass is 353 g/mol. The van der Waals surface area contributed by atoms with Crippen LogP contribution in [0.15, 0.2) is 17.0 Å². The third-order valence-electron chi connectivity index (χ3n) is 3.86. The first-order valence-electron chi connectivity index (χ1n) is 6.40. The molecule has 2 rings (SSSR count). The smallest absolute Gasteiger partial charge is 0.261 e.